The minimum Gasteiger partial charge on any atom is -0.481 e. The molecule has 0 aliphatic rings. The summed E-state index contributed by atoms with van der Waals surface area (Å²) in [4.78, 5) is 22.0. The Hall–Kier alpha value is -2.35. The molecule has 1 heterocycles. The van der Waals surface area contributed by atoms with Crippen LogP contribution in [0, 0.1) is 13.8 Å². The number of carbonyl (C=O) groups is 2. The van der Waals surface area contributed by atoms with Crippen LogP contribution >= 0.6 is 11.6 Å². The first-order chi connectivity index (χ1) is 15.0. The van der Waals surface area contributed by atoms with Crippen molar-refractivity contribution >= 4 is 23.5 Å². The van der Waals surface area contributed by atoms with Crippen LogP contribution in [-0.2, 0) is 16.0 Å². The van der Waals surface area contributed by atoms with Gasteiger partial charge in [-0.3, -0.25) is 4.79 Å². The van der Waals surface area contributed by atoms with Crippen LogP contribution in [0.4, 0.5) is 0 Å². The fourth-order valence-electron chi connectivity index (χ4n) is 4.03. The van der Waals surface area contributed by atoms with Crippen molar-refractivity contribution in [2.45, 2.75) is 76.9 Å². The lowest BCUT2D eigenvalue weighted by atomic mass is 9.90. The molecule has 2 aromatic rings. The highest BCUT2D eigenvalue weighted by Crippen LogP contribution is 2.26. The van der Waals surface area contributed by atoms with Gasteiger partial charge in [0.2, 0.25) is 0 Å². The summed E-state index contributed by atoms with van der Waals surface area (Å²) in [6.45, 7) is 4.12. The summed E-state index contributed by atoms with van der Waals surface area (Å²) >= 11 is 6.24. The van der Waals surface area contributed by atoms with Gasteiger partial charge in [-0.1, -0.05) is 36.9 Å². The Morgan fingerprint density at radius 3 is 2.25 bits per heavy atom. The number of aliphatic carboxylic acids is 2. The van der Waals surface area contributed by atoms with E-state index in [4.69, 9.17) is 21.8 Å². The molecule has 0 fully saturated rings. The van der Waals surface area contributed by atoms with E-state index in [1.807, 2.05) is 12.1 Å². The minimum absolute atomic E-state index is 0.309. The summed E-state index contributed by atoms with van der Waals surface area (Å²) in [7, 11) is 0. The van der Waals surface area contributed by atoms with E-state index >= 15 is 0 Å². The van der Waals surface area contributed by atoms with Gasteiger partial charge in [0.15, 0.2) is 5.60 Å². The van der Waals surface area contributed by atoms with E-state index in [2.05, 4.69) is 36.6 Å². The first-order valence-corrected chi connectivity index (χ1v) is 11.2. The molecule has 0 amide bonds. The van der Waals surface area contributed by atoms with Crippen molar-refractivity contribution in [3.05, 3.63) is 52.3 Å². The Labute approximate surface area is 193 Å². The first kappa shape index (κ1) is 25.9. The van der Waals surface area contributed by atoms with E-state index in [0.717, 1.165) is 42.8 Å². The fourth-order valence-corrected chi connectivity index (χ4v) is 4.20. The molecule has 0 saturated carbocycles. The van der Waals surface area contributed by atoms with Gasteiger partial charge in [-0.15, -0.1) is 0 Å². The largest absolute Gasteiger partial charge is 0.481 e. The number of aromatic nitrogens is 1. The average Bonchev–Trinajstić information content (AvgIpc) is 3.02. The smallest absolute Gasteiger partial charge is 0.336 e. The number of benzene rings is 1. The summed E-state index contributed by atoms with van der Waals surface area (Å²) < 4.78 is 2.19. The number of unbranched alkanes of at least 4 members (excludes halogenated alkanes) is 3. The van der Waals surface area contributed by atoms with E-state index in [1.54, 1.807) is 0 Å². The van der Waals surface area contributed by atoms with Crippen LogP contribution in [-0.4, -0.2) is 48.6 Å². The summed E-state index contributed by atoms with van der Waals surface area (Å²) in [5, 5.41) is 38.6. The Morgan fingerprint density at radius 1 is 1.03 bits per heavy atom. The van der Waals surface area contributed by atoms with Crippen LogP contribution in [0.5, 0.6) is 0 Å². The van der Waals surface area contributed by atoms with Crippen LogP contribution in [0.1, 0.15) is 61.9 Å². The number of aliphatic hydroxyl groups is 2. The van der Waals surface area contributed by atoms with Gasteiger partial charge >= 0.3 is 11.9 Å². The van der Waals surface area contributed by atoms with Crippen molar-refractivity contribution < 1.29 is 30.0 Å². The van der Waals surface area contributed by atoms with Crippen molar-refractivity contribution in [1.82, 2.24) is 4.57 Å². The molecular weight excluding hydrogens is 434 g/mol. The van der Waals surface area contributed by atoms with Gasteiger partial charge in [0.1, 0.15) is 0 Å². The molecule has 176 valence electrons. The second kappa shape index (κ2) is 11.5. The molecule has 0 radical (unpaired) electrons. The highest BCUT2D eigenvalue weighted by atomic mass is 35.5. The minimum atomic E-state index is -2.45. The predicted octanol–water partition coefficient (Wildman–Crippen LogP) is 4.28. The average molecular weight is 466 g/mol. The van der Waals surface area contributed by atoms with Crippen LogP contribution in [0.3, 0.4) is 0 Å². The van der Waals surface area contributed by atoms with E-state index < -0.39 is 36.5 Å². The SMILES string of the molecule is Cc1ccc(C)n1-c1cc(Cl)ccc1CCCCCC[C@@H](O)C[C@](O)(CC(=O)O)C(=O)O. The molecule has 0 saturated heterocycles. The van der Waals surface area contributed by atoms with Gasteiger partial charge in [-0.2, -0.15) is 0 Å². The molecule has 32 heavy (non-hydrogen) atoms. The first-order valence-electron chi connectivity index (χ1n) is 10.8. The van der Waals surface area contributed by atoms with Gasteiger partial charge in [0, 0.05) is 22.8 Å². The predicted molar refractivity (Wildman–Crippen MR) is 123 cm³/mol. The quantitative estimate of drug-likeness (QED) is 0.328. The Kier molecular flexibility index (Phi) is 9.31. The van der Waals surface area contributed by atoms with Crippen molar-refractivity contribution in [1.29, 1.82) is 0 Å². The number of aryl methyl sites for hydroxylation is 3. The summed E-state index contributed by atoms with van der Waals surface area (Å²) in [5.74, 6) is -3.06. The number of carboxylic acid groups (broad SMARTS) is 2. The van der Waals surface area contributed by atoms with Gasteiger partial charge in [0.25, 0.3) is 0 Å². The third kappa shape index (κ3) is 7.08. The Bertz CT molecular complexity index is 921. The van der Waals surface area contributed by atoms with Crippen LogP contribution in [0.25, 0.3) is 5.69 Å². The molecule has 0 aliphatic carbocycles. The number of nitrogens with zero attached hydrogens (tertiary/aromatic N) is 1. The zero-order valence-electron chi connectivity index (χ0n) is 18.6. The van der Waals surface area contributed by atoms with Gasteiger partial charge in [-0.05, 0) is 62.9 Å². The monoisotopic (exact) mass is 465 g/mol. The maximum absolute atomic E-state index is 11.2. The van der Waals surface area contributed by atoms with Crippen LogP contribution in [0.2, 0.25) is 5.02 Å². The number of halogens is 1. The van der Waals surface area contributed by atoms with Crippen molar-refractivity contribution in [2.24, 2.45) is 0 Å². The molecule has 8 heteroatoms. The van der Waals surface area contributed by atoms with Crippen molar-refractivity contribution in [3.8, 4) is 5.69 Å². The van der Waals surface area contributed by atoms with E-state index in [9.17, 15) is 19.8 Å². The molecule has 1 aromatic heterocycles. The normalized spacial score (nSPS) is 14.2. The standard InChI is InChI=1S/C24H32ClNO6/c1-16-9-10-17(2)26(16)21-13-19(25)12-11-18(21)7-5-3-4-6-8-20(27)14-24(32,23(30)31)15-22(28)29/h9-13,20,27,32H,3-8,14-15H2,1-2H3,(H,28,29)(H,30,31)/t20-,24+/m1/s1. The summed E-state index contributed by atoms with van der Waals surface area (Å²) in [6, 6.07) is 10.1. The van der Waals surface area contributed by atoms with Crippen molar-refractivity contribution in [3.63, 3.8) is 0 Å². The van der Waals surface area contributed by atoms with Crippen LogP contribution < -0.4 is 0 Å². The third-order valence-electron chi connectivity index (χ3n) is 5.71. The highest BCUT2D eigenvalue weighted by molar-refractivity contribution is 6.30. The number of hydrogen-bond acceptors (Lipinski definition) is 4. The van der Waals surface area contributed by atoms with E-state index in [0.29, 0.717) is 17.9 Å². The summed E-state index contributed by atoms with van der Waals surface area (Å²) in [5.41, 5.74) is 2.12. The molecular formula is C24H32ClNO6. The molecule has 0 spiro atoms. The Morgan fingerprint density at radius 2 is 1.66 bits per heavy atom. The second-order valence-electron chi connectivity index (χ2n) is 8.44. The zero-order valence-corrected chi connectivity index (χ0v) is 19.3. The van der Waals surface area contributed by atoms with Gasteiger partial charge in [-0.25, -0.2) is 4.79 Å². The molecule has 7 nitrogen and oxygen atoms in total. The lowest BCUT2D eigenvalue weighted by molar-refractivity contribution is -0.168. The molecule has 1 aromatic carbocycles. The number of aliphatic hydroxyl groups excluding tert-OH is 1. The number of rotatable bonds is 13. The van der Waals surface area contributed by atoms with Crippen molar-refractivity contribution in [2.75, 3.05) is 0 Å². The third-order valence-corrected chi connectivity index (χ3v) is 5.94. The second-order valence-corrected chi connectivity index (χ2v) is 8.88. The van der Waals surface area contributed by atoms with E-state index in [-0.39, 0.29) is 0 Å². The molecule has 0 unspecified atom stereocenters. The highest BCUT2D eigenvalue weighted by Gasteiger charge is 2.40. The fraction of sp³-hybridized carbons (Fsp3) is 0.500. The Balaban J connectivity index is 1.83. The van der Waals surface area contributed by atoms with E-state index in [1.165, 1.54) is 5.56 Å². The zero-order chi connectivity index (χ0) is 23.9. The molecule has 2 rings (SSSR count). The topological polar surface area (TPSA) is 120 Å². The number of hydrogen-bond donors (Lipinski definition) is 4. The molecule has 2 atom stereocenters. The molecule has 0 aliphatic heterocycles. The maximum Gasteiger partial charge on any atom is 0.336 e. The van der Waals surface area contributed by atoms with Gasteiger partial charge in [0.05, 0.1) is 18.2 Å². The van der Waals surface area contributed by atoms with Gasteiger partial charge < -0.3 is 25.0 Å². The lowest BCUT2D eigenvalue weighted by Gasteiger charge is -2.24. The molecule has 4 N–H and O–H groups in total. The maximum atomic E-state index is 11.2. The number of carboxylic acids is 2. The van der Waals surface area contributed by atoms with Crippen LogP contribution in [0.15, 0.2) is 30.3 Å². The summed E-state index contributed by atoms with van der Waals surface area (Å²) in [6.07, 6.45) is 2.05. The lowest BCUT2D eigenvalue weighted by Crippen LogP contribution is -2.43. The molecule has 0 bridgehead atoms.